The van der Waals surface area contributed by atoms with Crippen molar-refractivity contribution < 1.29 is 13.5 Å². The third kappa shape index (κ3) is 2.79. The van der Waals surface area contributed by atoms with Gasteiger partial charge >= 0.3 is 0 Å². The van der Waals surface area contributed by atoms with E-state index in [-0.39, 0.29) is 10.8 Å². The van der Waals surface area contributed by atoms with Gasteiger partial charge in [0.25, 0.3) is 0 Å². The molecule has 0 aromatic heterocycles. The molecule has 0 saturated heterocycles. The first-order chi connectivity index (χ1) is 7.10. The molecule has 0 aliphatic carbocycles. The molecule has 5 heteroatoms. The molecule has 84 valence electrons. The van der Waals surface area contributed by atoms with Crippen molar-refractivity contribution in [2.75, 3.05) is 13.3 Å². The lowest BCUT2D eigenvalue weighted by Crippen LogP contribution is -2.12. The van der Waals surface area contributed by atoms with Crippen LogP contribution >= 0.6 is 11.6 Å². The van der Waals surface area contributed by atoms with Crippen LogP contribution in [0, 0.1) is 5.82 Å². The normalized spacial score (nSPS) is 12.6. The van der Waals surface area contributed by atoms with Gasteiger partial charge in [0, 0.05) is 0 Å². The molecule has 0 aliphatic heterocycles. The monoisotopic (exact) mass is 235 g/mol. The quantitative estimate of drug-likeness (QED) is 0.871. The van der Waals surface area contributed by atoms with Gasteiger partial charge in [0.15, 0.2) is 11.6 Å². The molecular formula is C10H12ClF2NO. The molecule has 0 spiro atoms. The fourth-order valence-electron chi connectivity index (χ4n) is 1.16. The van der Waals surface area contributed by atoms with E-state index in [0.717, 1.165) is 6.07 Å². The smallest absolute Gasteiger partial charge is 0.173 e. The maximum absolute atomic E-state index is 13.4. The number of ether oxygens (including phenoxy) is 1. The fourth-order valence-corrected chi connectivity index (χ4v) is 1.44. The Kier molecular flexibility index (Phi) is 4.29. The van der Waals surface area contributed by atoms with Crippen LogP contribution in [-0.2, 0) is 0 Å². The summed E-state index contributed by atoms with van der Waals surface area (Å²) >= 11 is 5.77. The highest BCUT2D eigenvalue weighted by molar-refractivity contribution is 6.32. The average Bonchev–Trinajstić information content (AvgIpc) is 2.22. The first-order valence-electron chi connectivity index (χ1n) is 4.53. The second kappa shape index (κ2) is 5.28. The van der Waals surface area contributed by atoms with Crippen LogP contribution in [0.2, 0.25) is 5.02 Å². The number of halogens is 3. The number of rotatable bonds is 4. The molecular weight excluding hydrogens is 224 g/mol. The van der Waals surface area contributed by atoms with Gasteiger partial charge in [-0.15, -0.1) is 0 Å². The molecule has 1 atom stereocenters. The Hall–Kier alpha value is -0.870. The van der Waals surface area contributed by atoms with Crippen LogP contribution in [0.1, 0.15) is 18.5 Å². The van der Waals surface area contributed by atoms with E-state index < -0.39 is 18.5 Å². The van der Waals surface area contributed by atoms with E-state index in [2.05, 4.69) is 0 Å². The zero-order chi connectivity index (χ0) is 11.4. The summed E-state index contributed by atoms with van der Waals surface area (Å²) in [5.41, 5.74) is 5.74. The Labute approximate surface area is 92.0 Å². The van der Waals surface area contributed by atoms with Crippen molar-refractivity contribution in [1.29, 1.82) is 0 Å². The maximum Gasteiger partial charge on any atom is 0.173 e. The van der Waals surface area contributed by atoms with E-state index in [1.807, 2.05) is 0 Å². The molecule has 1 rings (SSSR count). The predicted molar refractivity (Wildman–Crippen MR) is 55.5 cm³/mol. The molecule has 0 unspecified atom stereocenters. The van der Waals surface area contributed by atoms with E-state index in [1.54, 1.807) is 6.92 Å². The summed E-state index contributed by atoms with van der Waals surface area (Å²) in [4.78, 5) is 0. The van der Waals surface area contributed by atoms with Crippen LogP contribution in [0.25, 0.3) is 0 Å². The van der Waals surface area contributed by atoms with Gasteiger partial charge in [0.05, 0.1) is 17.7 Å². The van der Waals surface area contributed by atoms with Gasteiger partial charge in [0.1, 0.15) is 6.67 Å². The maximum atomic E-state index is 13.4. The molecule has 1 aromatic carbocycles. The Morgan fingerprint density at radius 1 is 1.53 bits per heavy atom. The highest BCUT2D eigenvalue weighted by Gasteiger charge is 2.14. The summed E-state index contributed by atoms with van der Waals surface area (Å²) < 4.78 is 30.7. The third-order valence-corrected chi connectivity index (χ3v) is 2.18. The number of alkyl halides is 1. The summed E-state index contributed by atoms with van der Waals surface area (Å²) in [5, 5.41) is 0.107. The topological polar surface area (TPSA) is 35.2 Å². The lowest BCUT2D eigenvalue weighted by Gasteiger charge is -2.12. The van der Waals surface area contributed by atoms with Crippen molar-refractivity contribution >= 4 is 11.6 Å². The van der Waals surface area contributed by atoms with Crippen molar-refractivity contribution in [1.82, 2.24) is 0 Å². The average molecular weight is 236 g/mol. The van der Waals surface area contributed by atoms with Crippen molar-refractivity contribution in [3.8, 4) is 5.75 Å². The SMILES string of the molecule is CCOc1c(F)cc([C@H](N)CF)cc1Cl. The van der Waals surface area contributed by atoms with Gasteiger partial charge < -0.3 is 10.5 Å². The summed E-state index contributed by atoms with van der Waals surface area (Å²) in [6.45, 7) is 1.27. The second-order valence-corrected chi connectivity index (χ2v) is 3.41. The number of benzene rings is 1. The van der Waals surface area contributed by atoms with Gasteiger partial charge in [-0.2, -0.15) is 0 Å². The molecule has 0 radical (unpaired) electrons. The van der Waals surface area contributed by atoms with Gasteiger partial charge in [-0.3, -0.25) is 0 Å². The molecule has 0 aliphatic rings. The number of hydrogen-bond donors (Lipinski definition) is 1. The highest BCUT2D eigenvalue weighted by atomic mass is 35.5. The minimum Gasteiger partial charge on any atom is -0.489 e. The van der Waals surface area contributed by atoms with E-state index in [4.69, 9.17) is 22.1 Å². The summed E-state index contributed by atoms with van der Waals surface area (Å²) in [6.07, 6.45) is 0. The largest absolute Gasteiger partial charge is 0.489 e. The number of nitrogens with two attached hydrogens (primary N) is 1. The molecule has 2 nitrogen and oxygen atoms in total. The highest BCUT2D eigenvalue weighted by Crippen LogP contribution is 2.30. The first-order valence-corrected chi connectivity index (χ1v) is 4.91. The lowest BCUT2D eigenvalue weighted by molar-refractivity contribution is 0.321. The summed E-state index contributed by atoms with van der Waals surface area (Å²) in [6, 6.07) is 1.70. The molecule has 15 heavy (non-hydrogen) atoms. The van der Waals surface area contributed by atoms with Gasteiger partial charge in [-0.05, 0) is 24.6 Å². The van der Waals surface area contributed by atoms with Crippen LogP contribution in [0.3, 0.4) is 0 Å². The minimum absolute atomic E-state index is 0.0195. The molecule has 0 fully saturated rings. The van der Waals surface area contributed by atoms with Gasteiger partial charge in [0.2, 0.25) is 0 Å². The minimum atomic E-state index is -0.854. The second-order valence-electron chi connectivity index (χ2n) is 3.01. The van der Waals surface area contributed by atoms with Crippen molar-refractivity contribution in [2.24, 2.45) is 5.73 Å². The van der Waals surface area contributed by atoms with Crippen LogP contribution in [0.5, 0.6) is 5.75 Å². The van der Waals surface area contributed by atoms with Crippen molar-refractivity contribution in [3.05, 3.63) is 28.5 Å². The zero-order valence-electron chi connectivity index (χ0n) is 8.27. The first kappa shape index (κ1) is 12.2. The Bertz CT molecular complexity index is 323. The van der Waals surface area contributed by atoms with Gasteiger partial charge in [-0.1, -0.05) is 11.6 Å². The van der Waals surface area contributed by atoms with Crippen molar-refractivity contribution in [3.63, 3.8) is 0 Å². The van der Waals surface area contributed by atoms with E-state index in [0.29, 0.717) is 12.2 Å². The van der Waals surface area contributed by atoms with E-state index in [9.17, 15) is 8.78 Å². The lowest BCUT2D eigenvalue weighted by atomic mass is 10.1. The Balaban J connectivity index is 3.07. The van der Waals surface area contributed by atoms with Crippen LogP contribution in [-0.4, -0.2) is 13.3 Å². The number of hydrogen-bond acceptors (Lipinski definition) is 2. The van der Waals surface area contributed by atoms with Crippen molar-refractivity contribution in [2.45, 2.75) is 13.0 Å². The summed E-state index contributed by atoms with van der Waals surface area (Å²) in [5.74, 6) is -0.641. The molecule has 2 N–H and O–H groups in total. The van der Waals surface area contributed by atoms with E-state index in [1.165, 1.54) is 6.07 Å². The Morgan fingerprint density at radius 2 is 2.20 bits per heavy atom. The predicted octanol–water partition coefficient (Wildman–Crippen LogP) is 2.85. The standard InChI is InChI=1S/C10H12ClF2NO/c1-2-15-10-7(11)3-6(4-8(10)13)9(14)5-12/h3-4,9H,2,5,14H2,1H3/t9-/m1/s1. The van der Waals surface area contributed by atoms with Crippen LogP contribution < -0.4 is 10.5 Å². The van der Waals surface area contributed by atoms with E-state index >= 15 is 0 Å². The Morgan fingerprint density at radius 3 is 2.67 bits per heavy atom. The fraction of sp³-hybridized carbons (Fsp3) is 0.400. The van der Waals surface area contributed by atoms with Crippen LogP contribution in [0.4, 0.5) is 8.78 Å². The van der Waals surface area contributed by atoms with Gasteiger partial charge in [-0.25, -0.2) is 8.78 Å². The molecule has 1 aromatic rings. The molecule has 0 heterocycles. The zero-order valence-corrected chi connectivity index (χ0v) is 9.02. The third-order valence-electron chi connectivity index (χ3n) is 1.90. The molecule has 0 saturated carbocycles. The summed E-state index contributed by atoms with van der Waals surface area (Å²) in [7, 11) is 0. The molecule has 0 amide bonds. The van der Waals surface area contributed by atoms with Crippen LogP contribution in [0.15, 0.2) is 12.1 Å². The molecule has 0 bridgehead atoms.